The summed E-state index contributed by atoms with van der Waals surface area (Å²) in [4.78, 5) is 29.9. The van der Waals surface area contributed by atoms with Gasteiger partial charge in [0.05, 0.1) is 5.92 Å². The average Bonchev–Trinajstić information content (AvgIpc) is 3.03. The van der Waals surface area contributed by atoms with Crippen molar-refractivity contribution in [2.24, 2.45) is 5.73 Å². The molecule has 1 aromatic carbocycles. The summed E-state index contributed by atoms with van der Waals surface area (Å²) >= 11 is 0. The van der Waals surface area contributed by atoms with E-state index in [0.717, 1.165) is 18.4 Å². The van der Waals surface area contributed by atoms with E-state index in [-0.39, 0.29) is 11.9 Å². The number of aromatic nitrogens is 2. The van der Waals surface area contributed by atoms with E-state index in [0.29, 0.717) is 36.1 Å². The van der Waals surface area contributed by atoms with Crippen molar-refractivity contribution in [2.45, 2.75) is 32.6 Å². The van der Waals surface area contributed by atoms with Crippen LogP contribution >= 0.6 is 0 Å². The number of urea groups is 1. The second kappa shape index (κ2) is 6.92. The number of anilines is 1. The van der Waals surface area contributed by atoms with Crippen LogP contribution in [0.25, 0.3) is 0 Å². The third-order valence-electron chi connectivity index (χ3n) is 4.36. The highest BCUT2D eigenvalue weighted by Crippen LogP contribution is 2.26. The van der Waals surface area contributed by atoms with Crippen molar-refractivity contribution in [3.8, 4) is 0 Å². The number of piperidine rings is 1. The first-order valence-corrected chi connectivity index (χ1v) is 8.20. The maximum absolute atomic E-state index is 12.6. The minimum atomic E-state index is -0.528. The minimum absolute atomic E-state index is 0.0405. The van der Waals surface area contributed by atoms with Gasteiger partial charge in [-0.05, 0) is 44.4 Å². The van der Waals surface area contributed by atoms with Crippen molar-refractivity contribution in [2.75, 3.05) is 18.4 Å². The van der Waals surface area contributed by atoms with Crippen molar-refractivity contribution in [1.29, 1.82) is 0 Å². The molecule has 2 heterocycles. The molecule has 0 aliphatic carbocycles. The first-order valence-electron chi connectivity index (χ1n) is 8.20. The van der Waals surface area contributed by atoms with Gasteiger partial charge in [0, 0.05) is 24.3 Å². The third kappa shape index (κ3) is 3.78. The van der Waals surface area contributed by atoms with Gasteiger partial charge in [0.15, 0.2) is 5.82 Å². The highest BCUT2D eigenvalue weighted by Gasteiger charge is 2.28. The zero-order valence-corrected chi connectivity index (χ0v) is 14.3. The topological polar surface area (TPSA) is 114 Å². The zero-order chi connectivity index (χ0) is 18.0. The van der Waals surface area contributed by atoms with E-state index in [4.69, 9.17) is 10.3 Å². The van der Waals surface area contributed by atoms with Crippen molar-refractivity contribution < 1.29 is 14.1 Å². The lowest BCUT2D eigenvalue weighted by Crippen LogP contribution is -2.41. The first-order chi connectivity index (χ1) is 11.9. The lowest BCUT2D eigenvalue weighted by atomic mass is 9.98. The number of aryl methyl sites for hydroxylation is 2. The smallest absolute Gasteiger partial charge is 0.321 e. The van der Waals surface area contributed by atoms with Crippen molar-refractivity contribution in [3.63, 3.8) is 0 Å². The average molecular weight is 343 g/mol. The predicted octanol–water partition coefficient (Wildman–Crippen LogP) is 2.20. The molecule has 3 rings (SSSR count). The third-order valence-corrected chi connectivity index (χ3v) is 4.36. The second-order valence-electron chi connectivity index (χ2n) is 6.29. The molecule has 1 aromatic heterocycles. The van der Waals surface area contributed by atoms with Gasteiger partial charge in [-0.2, -0.15) is 4.98 Å². The molecule has 8 nitrogen and oxygen atoms in total. The number of carbonyl (C=O) groups is 2. The summed E-state index contributed by atoms with van der Waals surface area (Å²) in [5, 5.41) is 6.68. The van der Waals surface area contributed by atoms with Crippen LogP contribution in [0.1, 0.15) is 46.4 Å². The number of hydrogen-bond acceptors (Lipinski definition) is 5. The zero-order valence-electron chi connectivity index (χ0n) is 14.3. The van der Waals surface area contributed by atoms with Crippen molar-refractivity contribution in [3.05, 3.63) is 41.0 Å². The van der Waals surface area contributed by atoms with Crippen LogP contribution in [0.15, 0.2) is 22.7 Å². The Hall–Kier alpha value is -2.90. The van der Waals surface area contributed by atoms with Crippen LogP contribution in [0.5, 0.6) is 0 Å². The van der Waals surface area contributed by atoms with Gasteiger partial charge < -0.3 is 20.5 Å². The molecule has 2 aromatic rings. The van der Waals surface area contributed by atoms with Gasteiger partial charge in [-0.25, -0.2) is 4.79 Å². The Morgan fingerprint density at radius 3 is 2.84 bits per heavy atom. The number of nitrogens with zero attached hydrogens (tertiary/aromatic N) is 3. The monoisotopic (exact) mass is 343 g/mol. The standard InChI is InChI=1S/C17H21N5O3/c1-10-5-6-12(15(18)23)8-14(10)20-17(24)22-7-3-4-13(9-22)16-19-11(2)21-25-16/h5-6,8,13H,3-4,7,9H2,1-2H3,(H2,18,23)(H,20,24)/t13-/m0/s1. The van der Waals surface area contributed by atoms with Gasteiger partial charge in [-0.3, -0.25) is 4.79 Å². The van der Waals surface area contributed by atoms with Crippen LogP contribution in [-0.2, 0) is 0 Å². The van der Waals surface area contributed by atoms with Gasteiger partial charge in [0.25, 0.3) is 0 Å². The van der Waals surface area contributed by atoms with E-state index in [1.807, 2.05) is 6.92 Å². The quantitative estimate of drug-likeness (QED) is 0.886. The largest absolute Gasteiger partial charge is 0.366 e. The van der Waals surface area contributed by atoms with Crippen LogP contribution in [0, 0.1) is 13.8 Å². The number of likely N-dealkylation sites (tertiary alicyclic amines) is 1. The molecule has 1 aliphatic rings. The van der Waals surface area contributed by atoms with Crippen LogP contribution in [0.2, 0.25) is 0 Å². The summed E-state index contributed by atoms with van der Waals surface area (Å²) in [6, 6.07) is 4.78. The number of amides is 3. The van der Waals surface area contributed by atoms with Gasteiger partial charge in [-0.15, -0.1) is 0 Å². The number of rotatable bonds is 3. The molecule has 0 unspecified atom stereocenters. The SMILES string of the molecule is Cc1noc([C@H]2CCCN(C(=O)Nc3cc(C(N)=O)ccc3C)C2)n1. The fourth-order valence-electron chi connectivity index (χ4n) is 2.95. The number of nitrogens with two attached hydrogens (primary N) is 1. The highest BCUT2D eigenvalue weighted by atomic mass is 16.5. The summed E-state index contributed by atoms with van der Waals surface area (Å²) in [6.07, 6.45) is 1.77. The van der Waals surface area contributed by atoms with Crippen molar-refractivity contribution >= 4 is 17.6 Å². The van der Waals surface area contributed by atoms with E-state index in [1.165, 1.54) is 0 Å². The Balaban J connectivity index is 1.70. The van der Waals surface area contributed by atoms with E-state index >= 15 is 0 Å². The summed E-state index contributed by atoms with van der Waals surface area (Å²) < 4.78 is 5.24. The van der Waals surface area contributed by atoms with Crippen LogP contribution in [0.4, 0.5) is 10.5 Å². The molecule has 25 heavy (non-hydrogen) atoms. The molecule has 3 amide bonds. The molecule has 0 bridgehead atoms. The Morgan fingerprint density at radius 1 is 1.36 bits per heavy atom. The molecule has 1 fully saturated rings. The molecular weight excluding hydrogens is 322 g/mol. The van der Waals surface area contributed by atoms with Gasteiger partial charge >= 0.3 is 6.03 Å². The molecule has 132 valence electrons. The molecule has 0 saturated carbocycles. The summed E-state index contributed by atoms with van der Waals surface area (Å²) in [5.41, 5.74) is 7.11. The highest BCUT2D eigenvalue weighted by molar-refractivity contribution is 5.96. The molecule has 1 saturated heterocycles. The lowest BCUT2D eigenvalue weighted by molar-refractivity contribution is 0.1000. The number of benzene rings is 1. The Labute approximate surface area is 145 Å². The molecule has 1 atom stereocenters. The molecule has 8 heteroatoms. The molecule has 1 aliphatic heterocycles. The van der Waals surface area contributed by atoms with E-state index in [1.54, 1.807) is 30.0 Å². The van der Waals surface area contributed by atoms with Gasteiger partial charge in [-0.1, -0.05) is 11.2 Å². The van der Waals surface area contributed by atoms with E-state index in [9.17, 15) is 9.59 Å². The number of carbonyl (C=O) groups excluding carboxylic acids is 2. The summed E-state index contributed by atoms with van der Waals surface area (Å²) in [7, 11) is 0. The van der Waals surface area contributed by atoms with Crippen molar-refractivity contribution in [1.82, 2.24) is 15.0 Å². The predicted molar refractivity (Wildman–Crippen MR) is 91.3 cm³/mol. The van der Waals surface area contributed by atoms with E-state index in [2.05, 4.69) is 15.5 Å². The molecular formula is C17H21N5O3. The lowest BCUT2D eigenvalue weighted by Gasteiger charge is -2.31. The maximum Gasteiger partial charge on any atom is 0.321 e. The number of primary amides is 1. The maximum atomic E-state index is 12.6. The number of hydrogen-bond donors (Lipinski definition) is 2. The second-order valence-corrected chi connectivity index (χ2v) is 6.29. The van der Waals surface area contributed by atoms with Crippen LogP contribution in [0.3, 0.4) is 0 Å². The Bertz CT molecular complexity index is 801. The fraction of sp³-hybridized carbons (Fsp3) is 0.412. The normalized spacial score (nSPS) is 17.4. The van der Waals surface area contributed by atoms with Gasteiger partial charge in [0.2, 0.25) is 11.8 Å². The Kier molecular flexibility index (Phi) is 4.69. The minimum Gasteiger partial charge on any atom is -0.366 e. The summed E-state index contributed by atoms with van der Waals surface area (Å²) in [5.74, 6) is 0.677. The Morgan fingerprint density at radius 2 is 2.16 bits per heavy atom. The summed E-state index contributed by atoms with van der Waals surface area (Å²) in [6.45, 7) is 4.81. The van der Waals surface area contributed by atoms with Gasteiger partial charge in [0.1, 0.15) is 0 Å². The van der Waals surface area contributed by atoms with E-state index < -0.39 is 5.91 Å². The fourth-order valence-corrected chi connectivity index (χ4v) is 2.95. The molecule has 0 radical (unpaired) electrons. The first kappa shape index (κ1) is 16.9. The van der Waals surface area contributed by atoms with Crippen LogP contribution in [-0.4, -0.2) is 40.1 Å². The molecule has 0 spiro atoms. The van der Waals surface area contributed by atoms with Crippen LogP contribution < -0.4 is 11.1 Å². The molecule has 3 N–H and O–H groups in total. The number of nitrogens with one attached hydrogen (secondary N) is 1.